The average Bonchev–Trinajstić information content (AvgIpc) is 2.41. The molecule has 0 aliphatic carbocycles. The maximum absolute atomic E-state index is 5.79. The van der Waals surface area contributed by atoms with Crippen molar-refractivity contribution in [3.05, 3.63) is 0 Å². The van der Waals surface area contributed by atoms with Crippen LogP contribution in [0.2, 0.25) is 15.8 Å². The van der Waals surface area contributed by atoms with E-state index in [4.69, 9.17) is 14.2 Å². The van der Waals surface area contributed by atoms with E-state index in [0.29, 0.717) is 0 Å². The van der Waals surface area contributed by atoms with Crippen molar-refractivity contribution in [2.24, 2.45) is 5.41 Å². The van der Waals surface area contributed by atoms with Gasteiger partial charge in [0.2, 0.25) is 0 Å². The fourth-order valence-electron chi connectivity index (χ4n) is 2.79. The summed E-state index contributed by atoms with van der Waals surface area (Å²) in [7, 11) is 0. The molecule has 3 aliphatic heterocycles. The first kappa shape index (κ1) is 14.8. The Morgan fingerprint density at radius 3 is 2.00 bits per heavy atom. The molecule has 3 aliphatic rings. The smallest absolute Gasteiger partial charge is 0.282 e. The fraction of sp³-hybridized carbons (Fsp3) is 1.00. The van der Waals surface area contributed by atoms with E-state index in [-0.39, 0.29) is 5.41 Å². The molecule has 0 aromatic carbocycles. The first-order valence-corrected chi connectivity index (χ1v) is 9.98. The fourth-order valence-corrected chi connectivity index (χ4v) is 5.05. The van der Waals surface area contributed by atoms with Crippen molar-refractivity contribution in [1.29, 1.82) is 0 Å². The van der Waals surface area contributed by atoms with Gasteiger partial charge in [-0.2, -0.15) is 0 Å². The largest absolute Gasteiger partial charge is 0.327 e. The van der Waals surface area contributed by atoms with Crippen LogP contribution >= 0.6 is 0 Å². The second kappa shape index (κ2) is 6.24. The quantitative estimate of drug-likeness (QED) is 0.524. The standard InChI is InChI=1S/C10H17O3.2C2H5.Al/c1-3-4-5-10-11-6-9(2,7-12-10)8-13-10;2*1-2;/h1,3-8H2,2H3;2*1H2,2H3;. The minimum absolute atomic E-state index is 0.0875. The summed E-state index contributed by atoms with van der Waals surface area (Å²) in [6.07, 6.45) is 3.38. The number of unbranched alkanes of at least 4 members (excludes halogenated alkanes) is 1. The third kappa shape index (κ3) is 3.49. The van der Waals surface area contributed by atoms with Crippen molar-refractivity contribution >= 4 is 14.1 Å². The monoisotopic (exact) mass is 270 g/mol. The van der Waals surface area contributed by atoms with Gasteiger partial charge in [0.1, 0.15) is 0 Å². The van der Waals surface area contributed by atoms with Crippen LogP contribution in [0.1, 0.15) is 40.0 Å². The topological polar surface area (TPSA) is 27.7 Å². The summed E-state index contributed by atoms with van der Waals surface area (Å²) in [5.74, 6) is -0.687. The van der Waals surface area contributed by atoms with Crippen LogP contribution in [-0.2, 0) is 14.2 Å². The van der Waals surface area contributed by atoms with Gasteiger partial charge in [-0.15, -0.1) is 0 Å². The minimum Gasteiger partial charge on any atom is -0.327 e. The highest BCUT2D eigenvalue weighted by Gasteiger charge is 2.49. The zero-order valence-electron chi connectivity index (χ0n) is 12.2. The lowest BCUT2D eigenvalue weighted by Crippen LogP contribution is -2.58. The average molecular weight is 270 g/mol. The SMILES string of the molecule is C[CH2][Al]([CH2]C)[CH2]CCCC12OCC(C)(CO1)CO2. The molecule has 104 valence electrons. The van der Waals surface area contributed by atoms with Gasteiger partial charge in [0.25, 0.3) is 20.1 Å². The summed E-state index contributed by atoms with van der Waals surface area (Å²) >= 11 is -0.421. The van der Waals surface area contributed by atoms with E-state index in [1.165, 1.54) is 28.7 Å². The van der Waals surface area contributed by atoms with E-state index >= 15 is 0 Å². The maximum Gasteiger partial charge on any atom is 0.282 e. The predicted molar refractivity (Wildman–Crippen MR) is 74.1 cm³/mol. The maximum atomic E-state index is 5.79. The molecule has 0 aromatic heterocycles. The molecule has 0 N–H and O–H groups in total. The summed E-state index contributed by atoms with van der Waals surface area (Å²) in [6, 6.07) is 0. The van der Waals surface area contributed by atoms with Gasteiger partial charge < -0.3 is 14.2 Å². The summed E-state index contributed by atoms with van der Waals surface area (Å²) in [6.45, 7) is 9.21. The lowest BCUT2D eigenvalue weighted by Gasteiger charge is -2.50. The van der Waals surface area contributed by atoms with Gasteiger partial charge in [-0.05, 0) is 6.42 Å². The molecule has 18 heavy (non-hydrogen) atoms. The van der Waals surface area contributed by atoms with Crippen LogP contribution in [0.25, 0.3) is 0 Å². The Morgan fingerprint density at radius 1 is 0.944 bits per heavy atom. The minimum atomic E-state index is -0.687. The lowest BCUT2D eigenvalue weighted by atomic mass is 9.91. The van der Waals surface area contributed by atoms with Crippen molar-refractivity contribution in [3.63, 3.8) is 0 Å². The first-order chi connectivity index (χ1) is 8.61. The van der Waals surface area contributed by atoms with Crippen LogP contribution in [0.3, 0.4) is 0 Å². The van der Waals surface area contributed by atoms with Crippen LogP contribution in [0.5, 0.6) is 0 Å². The molecule has 3 nitrogen and oxygen atoms in total. The van der Waals surface area contributed by atoms with Gasteiger partial charge in [0.05, 0.1) is 19.8 Å². The molecular formula is C14H27AlO3. The zero-order chi connectivity index (χ0) is 13.1. The number of rotatable bonds is 7. The van der Waals surface area contributed by atoms with E-state index in [1.54, 1.807) is 0 Å². The van der Waals surface area contributed by atoms with Gasteiger partial charge in [-0.3, -0.25) is 0 Å². The Balaban J connectivity index is 1.68. The van der Waals surface area contributed by atoms with Crippen LogP contribution < -0.4 is 0 Å². The molecule has 0 spiro atoms. The van der Waals surface area contributed by atoms with Crippen molar-refractivity contribution in [3.8, 4) is 0 Å². The third-order valence-electron chi connectivity index (χ3n) is 4.42. The molecule has 2 bridgehead atoms. The Labute approximate surface area is 116 Å². The van der Waals surface area contributed by atoms with Gasteiger partial charge in [0.15, 0.2) is 0 Å². The van der Waals surface area contributed by atoms with Gasteiger partial charge in [-0.1, -0.05) is 43.0 Å². The van der Waals surface area contributed by atoms with Crippen LogP contribution in [0.4, 0.5) is 0 Å². The van der Waals surface area contributed by atoms with Crippen LogP contribution in [-0.4, -0.2) is 39.9 Å². The highest BCUT2D eigenvalue weighted by atomic mass is 27.2. The van der Waals surface area contributed by atoms with E-state index < -0.39 is 20.1 Å². The molecule has 0 atom stereocenters. The van der Waals surface area contributed by atoms with Gasteiger partial charge in [0, 0.05) is 11.8 Å². The van der Waals surface area contributed by atoms with Crippen molar-refractivity contribution in [2.45, 2.75) is 61.9 Å². The Kier molecular flexibility index (Phi) is 5.14. The van der Waals surface area contributed by atoms with Crippen LogP contribution in [0.15, 0.2) is 0 Å². The van der Waals surface area contributed by atoms with Crippen molar-refractivity contribution in [1.82, 2.24) is 0 Å². The molecule has 0 radical (unpaired) electrons. The number of fused-ring (bicyclic) bond motifs is 3. The Hall–Kier alpha value is 0.412. The highest BCUT2D eigenvalue weighted by molar-refractivity contribution is 6.58. The van der Waals surface area contributed by atoms with E-state index in [2.05, 4.69) is 20.8 Å². The van der Waals surface area contributed by atoms with Crippen LogP contribution in [0, 0.1) is 5.41 Å². The van der Waals surface area contributed by atoms with E-state index in [0.717, 1.165) is 26.2 Å². The second-order valence-corrected chi connectivity index (χ2v) is 10.2. The molecule has 3 saturated heterocycles. The van der Waals surface area contributed by atoms with Gasteiger partial charge >= 0.3 is 0 Å². The summed E-state index contributed by atoms with van der Waals surface area (Å²) < 4.78 is 17.4. The molecule has 0 aromatic rings. The Morgan fingerprint density at radius 2 is 1.50 bits per heavy atom. The molecular weight excluding hydrogens is 243 g/mol. The first-order valence-electron chi connectivity index (χ1n) is 7.53. The molecule has 4 heteroatoms. The van der Waals surface area contributed by atoms with E-state index in [1.807, 2.05) is 0 Å². The normalized spacial score (nSPS) is 34.8. The molecule has 0 unspecified atom stereocenters. The molecule has 3 fully saturated rings. The summed E-state index contributed by atoms with van der Waals surface area (Å²) in [5.41, 5.74) is 0.0875. The molecule has 3 rings (SSSR count). The second-order valence-electron chi connectivity index (χ2n) is 6.29. The predicted octanol–water partition coefficient (Wildman–Crippen LogP) is 3.43. The molecule has 0 saturated carbocycles. The number of ether oxygens (including phenoxy) is 3. The van der Waals surface area contributed by atoms with E-state index in [9.17, 15) is 0 Å². The zero-order valence-corrected chi connectivity index (χ0v) is 13.3. The van der Waals surface area contributed by atoms with Gasteiger partial charge in [-0.25, -0.2) is 0 Å². The summed E-state index contributed by atoms with van der Waals surface area (Å²) in [4.78, 5) is 0. The molecule has 0 amide bonds. The number of hydrogen-bond acceptors (Lipinski definition) is 3. The number of hydrogen-bond donors (Lipinski definition) is 0. The Bertz CT molecular complexity index is 241. The molecule has 3 heterocycles. The van der Waals surface area contributed by atoms with Crippen molar-refractivity contribution in [2.75, 3.05) is 19.8 Å². The van der Waals surface area contributed by atoms with Crippen molar-refractivity contribution < 1.29 is 14.2 Å². The lowest BCUT2D eigenvalue weighted by molar-refractivity contribution is -0.467. The third-order valence-corrected chi connectivity index (χ3v) is 7.96. The highest BCUT2D eigenvalue weighted by Crippen LogP contribution is 2.40. The summed E-state index contributed by atoms with van der Waals surface area (Å²) in [5, 5.41) is 4.33.